The molecule has 0 aliphatic heterocycles. The van der Waals surface area contributed by atoms with E-state index in [9.17, 15) is 4.79 Å². The summed E-state index contributed by atoms with van der Waals surface area (Å²) >= 11 is 0. The lowest BCUT2D eigenvalue weighted by molar-refractivity contribution is -0.126. The van der Waals surface area contributed by atoms with Gasteiger partial charge in [-0.25, -0.2) is 0 Å². The van der Waals surface area contributed by atoms with Crippen molar-refractivity contribution in [2.75, 3.05) is 27.2 Å². The molecule has 0 aromatic rings. The smallest absolute Gasteiger partial charge is 0.224 e. The highest BCUT2D eigenvalue weighted by Gasteiger charge is 2.28. The van der Waals surface area contributed by atoms with Gasteiger partial charge in [-0.3, -0.25) is 4.79 Å². The summed E-state index contributed by atoms with van der Waals surface area (Å²) in [4.78, 5) is 14.4. The molecule has 0 radical (unpaired) electrons. The Bertz CT molecular complexity index is 289. The van der Waals surface area contributed by atoms with Gasteiger partial charge in [0.25, 0.3) is 0 Å². The Hall–Kier alpha value is -0.610. The fourth-order valence-electron chi connectivity index (χ4n) is 3.03. The van der Waals surface area contributed by atoms with Crippen LogP contribution in [0.1, 0.15) is 46.0 Å². The van der Waals surface area contributed by atoms with Gasteiger partial charge in [-0.05, 0) is 32.4 Å². The highest BCUT2D eigenvalue weighted by atomic mass is 16.1. The molecule has 0 bridgehead atoms. The summed E-state index contributed by atoms with van der Waals surface area (Å²) in [7, 11) is 4.12. The van der Waals surface area contributed by atoms with Crippen LogP contribution in [0, 0.1) is 11.3 Å². The van der Waals surface area contributed by atoms with Crippen LogP contribution in [-0.4, -0.2) is 44.0 Å². The van der Waals surface area contributed by atoms with E-state index in [4.69, 9.17) is 5.73 Å². The van der Waals surface area contributed by atoms with Crippen molar-refractivity contribution < 1.29 is 4.79 Å². The van der Waals surface area contributed by atoms with Crippen molar-refractivity contribution >= 4 is 5.91 Å². The van der Waals surface area contributed by atoms with E-state index in [2.05, 4.69) is 38.2 Å². The minimum absolute atomic E-state index is 0.0117. The fourth-order valence-corrected chi connectivity index (χ4v) is 3.03. The van der Waals surface area contributed by atoms with E-state index in [1.807, 2.05) is 0 Å². The Morgan fingerprint density at radius 2 is 1.89 bits per heavy atom. The van der Waals surface area contributed by atoms with Gasteiger partial charge in [0, 0.05) is 19.1 Å². The second-order valence-electron chi connectivity index (χ2n) is 7.03. The molecule has 0 aromatic heterocycles. The van der Waals surface area contributed by atoms with Crippen LogP contribution < -0.4 is 11.1 Å². The Kier molecular flexibility index (Phi) is 6.27. The number of rotatable bonds is 5. The molecule has 19 heavy (non-hydrogen) atoms. The van der Waals surface area contributed by atoms with Crippen LogP contribution in [0.5, 0.6) is 0 Å². The highest BCUT2D eigenvalue weighted by Crippen LogP contribution is 2.23. The second kappa shape index (κ2) is 7.25. The molecule has 4 heteroatoms. The van der Waals surface area contributed by atoms with Crippen molar-refractivity contribution in [1.29, 1.82) is 0 Å². The lowest BCUT2D eigenvalue weighted by Crippen LogP contribution is -2.46. The minimum atomic E-state index is 0.0117. The molecule has 0 saturated heterocycles. The number of carbonyl (C=O) groups excluding carboxylic acids is 1. The number of amides is 1. The summed E-state index contributed by atoms with van der Waals surface area (Å²) in [5, 5.41) is 3.11. The van der Waals surface area contributed by atoms with Gasteiger partial charge in [0.2, 0.25) is 5.91 Å². The van der Waals surface area contributed by atoms with Crippen LogP contribution >= 0.6 is 0 Å². The first-order chi connectivity index (χ1) is 8.82. The number of hydrogen-bond donors (Lipinski definition) is 2. The summed E-state index contributed by atoms with van der Waals surface area (Å²) in [6.45, 7) is 6.04. The molecule has 0 aromatic carbocycles. The molecule has 4 nitrogen and oxygen atoms in total. The predicted octanol–water partition coefficient (Wildman–Crippen LogP) is 1.60. The normalized spacial score (nSPS) is 25.2. The third-order valence-corrected chi connectivity index (χ3v) is 3.89. The van der Waals surface area contributed by atoms with Crippen molar-refractivity contribution in [1.82, 2.24) is 10.2 Å². The van der Waals surface area contributed by atoms with Gasteiger partial charge in [0.1, 0.15) is 0 Å². The summed E-state index contributed by atoms with van der Waals surface area (Å²) in [6, 6.07) is 0.0412. The third-order valence-electron chi connectivity index (χ3n) is 3.89. The van der Waals surface area contributed by atoms with E-state index >= 15 is 0 Å². The maximum Gasteiger partial charge on any atom is 0.224 e. The molecule has 1 rings (SSSR count). The first kappa shape index (κ1) is 16.4. The second-order valence-corrected chi connectivity index (χ2v) is 7.03. The van der Waals surface area contributed by atoms with E-state index in [1.54, 1.807) is 0 Å². The zero-order chi connectivity index (χ0) is 14.5. The van der Waals surface area contributed by atoms with Gasteiger partial charge in [0.15, 0.2) is 0 Å². The largest absolute Gasteiger partial charge is 0.355 e. The Balaban J connectivity index is 2.45. The van der Waals surface area contributed by atoms with Crippen LogP contribution in [-0.2, 0) is 4.79 Å². The van der Waals surface area contributed by atoms with Crippen LogP contribution in [0.3, 0.4) is 0 Å². The molecule has 1 fully saturated rings. The first-order valence-electron chi connectivity index (χ1n) is 7.50. The van der Waals surface area contributed by atoms with Crippen LogP contribution in [0.25, 0.3) is 0 Å². The molecule has 2 unspecified atom stereocenters. The first-order valence-corrected chi connectivity index (χ1v) is 7.50. The minimum Gasteiger partial charge on any atom is -0.355 e. The summed E-state index contributed by atoms with van der Waals surface area (Å²) < 4.78 is 0. The molecular formula is C15H31N3O. The van der Waals surface area contributed by atoms with E-state index in [0.717, 1.165) is 32.2 Å². The number of nitrogens with two attached hydrogens (primary N) is 1. The molecule has 1 saturated carbocycles. The standard InChI is InChI=1S/C15H31N3O/c1-15(2,11-18(3)4)10-17-14(19)12-8-6-5-7-9-13(12)16/h12-13H,5-11,16H2,1-4H3,(H,17,19). The van der Waals surface area contributed by atoms with Crippen LogP contribution in [0.2, 0.25) is 0 Å². The fraction of sp³-hybridized carbons (Fsp3) is 0.933. The van der Waals surface area contributed by atoms with Gasteiger partial charge in [-0.1, -0.05) is 33.1 Å². The molecule has 1 amide bonds. The Labute approximate surface area is 118 Å². The summed E-state index contributed by atoms with van der Waals surface area (Å²) in [6.07, 6.45) is 5.44. The van der Waals surface area contributed by atoms with E-state index < -0.39 is 0 Å². The number of hydrogen-bond acceptors (Lipinski definition) is 3. The number of nitrogens with one attached hydrogen (secondary N) is 1. The Morgan fingerprint density at radius 1 is 1.26 bits per heavy atom. The summed E-state index contributed by atoms with van der Waals surface area (Å²) in [5.41, 5.74) is 6.22. The van der Waals surface area contributed by atoms with Gasteiger partial charge >= 0.3 is 0 Å². The Morgan fingerprint density at radius 3 is 2.53 bits per heavy atom. The molecule has 2 atom stereocenters. The molecular weight excluding hydrogens is 238 g/mol. The van der Waals surface area contributed by atoms with Crippen LogP contribution in [0.15, 0.2) is 0 Å². The van der Waals surface area contributed by atoms with Gasteiger partial charge in [-0.15, -0.1) is 0 Å². The summed E-state index contributed by atoms with van der Waals surface area (Å²) in [5.74, 6) is 0.166. The molecule has 0 heterocycles. The molecule has 1 aliphatic carbocycles. The van der Waals surface area contributed by atoms with Crippen molar-refractivity contribution in [2.45, 2.75) is 52.0 Å². The van der Waals surface area contributed by atoms with Crippen molar-refractivity contribution in [2.24, 2.45) is 17.1 Å². The monoisotopic (exact) mass is 269 g/mol. The third kappa shape index (κ3) is 5.91. The average molecular weight is 269 g/mol. The lowest BCUT2D eigenvalue weighted by atomic mass is 9.91. The SMILES string of the molecule is CN(C)CC(C)(C)CNC(=O)C1CCCCCC1N. The molecule has 0 spiro atoms. The maximum atomic E-state index is 12.3. The molecule has 112 valence electrons. The predicted molar refractivity (Wildman–Crippen MR) is 79.9 cm³/mol. The average Bonchev–Trinajstić information content (AvgIpc) is 2.49. The highest BCUT2D eigenvalue weighted by molar-refractivity contribution is 5.79. The van der Waals surface area contributed by atoms with Gasteiger partial charge in [-0.2, -0.15) is 0 Å². The van der Waals surface area contributed by atoms with Gasteiger partial charge in [0.05, 0.1) is 5.92 Å². The quantitative estimate of drug-likeness (QED) is 0.745. The van der Waals surface area contributed by atoms with Gasteiger partial charge < -0.3 is 16.0 Å². The maximum absolute atomic E-state index is 12.3. The zero-order valence-corrected chi connectivity index (χ0v) is 13.0. The molecule has 1 aliphatic rings. The van der Waals surface area contributed by atoms with E-state index in [1.165, 1.54) is 6.42 Å². The van der Waals surface area contributed by atoms with Crippen molar-refractivity contribution in [3.63, 3.8) is 0 Å². The van der Waals surface area contributed by atoms with E-state index in [-0.39, 0.29) is 23.3 Å². The zero-order valence-electron chi connectivity index (χ0n) is 13.0. The van der Waals surface area contributed by atoms with E-state index in [0.29, 0.717) is 6.54 Å². The van der Waals surface area contributed by atoms with Crippen molar-refractivity contribution in [3.05, 3.63) is 0 Å². The number of carbonyl (C=O) groups is 1. The van der Waals surface area contributed by atoms with Crippen LogP contribution in [0.4, 0.5) is 0 Å². The molecule has 3 N–H and O–H groups in total. The number of nitrogens with zero attached hydrogens (tertiary/aromatic N) is 1. The van der Waals surface area contributed by atoms with Crippen molar-refractivity contribution in [3.8, 4) is 0 Å². The topological polar surface area (TPSA) is 58.4 Å². The lowest BCUT2D eigenvalue weighted by Gasteiger charge is -2.30.